The van der Waals surface area contributed by atoms with Gasteiger partial charge in [-0.25, -0.2) is 0 Å². The molecule has 0 unspecified atom stereocenters. The molecule has 0 radical (unpaired) electrons. The van der Waals surface area contributed by atoms with Crippen LogP contribution in [-0.2, 0) is 28.6 Å². The molecule has 0 spiro atoms. The number of hydrogen-bond donors (Lipinski definition) is 0. The molecule has 2 fully saturated rings. The summed E-state index contributed by atoms with van der Waals surface area (Å²) in [6.45, 7) is 1.65. The summed E-state index contributed by atoms with van der Waals surface area (Å²) in [5.41, 5.74) is 0. The number of fused-ring (bicyclic) bond motifs is 1. The molecule has 0 aromatic heterocycles. The van der Waals surface area contributed by atoms with Crippen molar-refractivity contribution in [2.75, 3.05) is 13.7 Å². The molecule has 6 atom stereocenters. The second-order valence-corrected chi connectivity index (χ2v) is 4.37. The average Bonchev–Trinajstić information content (AvgIpc) is 2.40. The Bertz CT molecular complexity index is 406. The van der Waals surface area contributed by atoms with Crippen LogP contribution in [0.4, 0.5) is 0 Å². The van der Waals surface area contributed by atoms with Crippen LogP contribution in [0.1, 0.15) is 6.92 Å². The van der Waals surface area contributed by atoms with Crippen molar-refractivity contribution in [1.29, 1.82) is 0 Å². The summed E-state index contributed by atoms with van der Waals surface area (Å²) in [6.07, 6.45) is -6.45. The maximum atomic E-state index is 10.6. The Morgan fingerprint density at radius 2 is 1.71 bits per heavy atom. The highest BCUT2D eigenvalue weighted by molar-refractivity contribution is 4.93. The highest BCUT2D eigenvalue weighted by Gasteiger charge is 2.53. The fourth-order valence-electron chi connectivity index (χ4n) is 2.29. The van der Waals surface area contributed by atoms with Gasteiger partial charge in [0, 0.05) is 7.11 Å². The molecule has 2 heterocycles. The third-order valence-electron chi connectivity index (χ3n) is 3.08. The minimum Gasteiger partial charge on any atom is -0.353 e. The molecule has 0 N–H and O–H groups in total. The second kappa shape index (κ2) is 6.34. The average molecular weight is 310 g/mol. The van der Waals surface area contributed by atoms with Crippen molar-refractivity contribution in [3.8, 4) is 0 Å². The van der Waals surface area contributed by atoms with Gasteiger partial charge < -0.3 is 28.6 Å². The molecule has 21 heavy (non-hydrogen) atoms. The number of ether oxygens (including phenoxy) is 4. The lowest BCUT2D eigenvalue weighted by molar-refractivity contribution is -0.807. The van der Waals surface area contributed by atoms with E-state index in [1.807, 2.05) is 0 Å². The predicted molar refractivity (Wildman–Crippen MR) is 59.7 cm³/mol. The Labute approximate surface area is 118 Å². The molecule has 12 heteroatoms. The van der Waals surface area contributed by atoms with E-state index in [0.717, 1.165) is 0 Å². The van der Waals surface area contributed by atoms with Crippen LogP contribution in [0.5, 0.6) is 0 Å². The van der Waals surface area contributed by atoms with Crippen LogP contribution in [0.15, 0.2) is 0 Å². The van der Waals surface area contributed by atoms with E-state index in [-0.39, 0.29) is 6.61 Å². The lowest BCUT2D eigenvalue weighted by atomic mass is 9.98. The Kier molecular flexibility index (Phi) is 4.72. The van der Waals surface area contributed by atoms with Crippen LogP contribution >= 0.6 is 0 Å². The summed E-state index contributed by atoms with van der Waals surface area (Å²) < 4.78 is 20.9. The van der Waals surface area contributed by atoms with E-state index in [1.165, 1.54) is 7.11 Å². The zero-order valence-electron chi connectivity index (χ0n) is 11.1. The SMILES string of the molecule is CO[C@H]1O[C@@H]2CO[C@@H](C)O[C@H]2[C@H](O[N+](=O)[O-])[C@H]1O[N+](=O)[O-]. The maximum absolute atomic E-state index is 10.6. The van der Waals surface area contributed by atoms with Gasteiger partial charge in [0.15, 0.2) is 24.8 Å². The second-order valence-electron chi connectivity index (χ2n) is 4.37. The Balaban J connectivity index is 2.25. The first-order valence-corrected chi connectivity index (χ1v) is 6.00. The van der Waals surface area contributed by atoms with Gasteiger partial charge in [0.2, 0.25) is 0 Å². The van der Waals surface area contributed by atoms with Gasteiger partial charge in [-0.2, -0.15) is 0 Å². The summed E-state index contributed by atoms with van der Waals surface area (Å²) in [5, 5.41) is 19.0. The largest absolute Gasteiger partial charge is 0.353 e. The van der Waals surface area contributed by atoms with Gasteiger partial charge in [-0.15, -0.1) is 20.2 Å². The summed E-state index contributed by atoms with van der Waals surface area (Å²) in [7, 11) is 1.22. The zero-order chi connectivity index (χ0) is 15.6. The van der Waals surface area contributed by atoms with Gasteiger partial charge in [0.25, 0.3) is 10.2 Å². The molecule has 0 bridgehead atoms. The standard InChI is InChI=1S/C9H14N2O10/c1-4-17-3-5-6(18-4)7(20-10(12)13)8(21-11(14)15)9(16-2)19-5/h4-9H,3H2,1-2H3/t4-,5-,6-,7+,8-,9+/m1/s1. The zero-order valence-corrected chi connectivity index (χ0v) is 11.1. The Morgan fingerprint density at radius 1 is 1.10 bits per heavy atom. The van der Waals surface area contributed by atoms with Crippen molar-refractivity contribution in [2.24, 2.45) is 0 Å². The number of nitrogens with zero attached hydrogens (tertiary/aromatic N) is 2. The van der Waals surface area contributed by atoms with E-state index < -0.39 is 47.2 Å². The number of rotatable bonds is 5. The first-order valence-electron chi connectivity index (χ1n) is 6.00. The highest BCUT2D eigenvalue weighted by atomic mass is 17.0. The lowest BCUT2D eigenvalue weighted by Crippen LogP contribution is -2.64. The molecule has 0 aromatic rings. The lowest BCUT2D eigenvalue weighted by Gasteiger charge is -2.46. The molecular formula is C9H14N2O10. The van der Waals surface area contributed by atoms with Crippen molar-refractivity contribution in [1.82, 2.24) is 0 Å². The molecule has 2 rings (SSSR count). The predicted octanol–water partition coefficient (Wildman–Crippen LogP) is -0.727. The summed E-state index contributed by atoms with van der Waals surface area (Å²) in [5.74, 6) is 0. The third-order valence-corrected chi connectivity index (χ3v) is 3.08. The van der Waals surface area contributed by atoms with Crippen LogP contribution < -0.4 is 0 Å². The molecular weight excluding hydrogens is 296 g/mol. The van der Waals surface area contributed by atoms with Gasteiger partial charge >= 0.3 is 0 Å². The Morgan fingerprint density at radius 3 is 2.29 bits per heavy atom. The van der Waals surface area contributed by atoms with Crippen molar-refractivity contribution in [2.45, 2.75) is 43.9 Å². The van der Waals surface area contributed by atoms with Crippen molar-refractivity contribution in [3.63, 3.8) is 0 Å². The molecule has 2 aliphatic rings. The molecule has 0 amide bonds. The van der Waals surface area contributed by atoms with E-state index in [4.69, 9.17) is 18.9 Å². The molecule has 0 saturated carbocycles. The van der Waals surface area contributed by atoms with Gasteiger partial charge in [0.05, 0.1) is 6.61 Å². The Hall–Kier alpha value is -1.76. The summed E-state index contributed by atoms with van der Waals surface area (Å²) in [6, 6.07) is 0. The van der Waals surface area contributed by atoms with Crippen LogP contribution in [0.25, 0.3) is 0 Å². The van der Waals surface area contributed by atoms with Gasteiger partial charge in [-0.3, -0.25) is 0 Å². The minimum absolute atomic E-state index is 0.0778. The number of methoxy groups -OCH3 is 1. The van der Waals surface area contributed by atoms with E-state index in [2.05, 4.69) is 9.68 Å². The molecule has 0 aromatic carbocycles. The summed E-state index contributed by atoms with van der Waals surface area (Å²) >= 11 is 0. The van der Waals surface area contributed by atoms with Gasteiger partial charge in [-0.1, -0.05) is 0 Å². The maximum Gasteiger partial charge on any atom is 0.295 e. The molecule has 120 valence electrons. The molecule has 2 saturated heterocycles. The summed E-state index contributed by atoms with van der Waals surface area (Å²) in [4.78, 5) is 30.1. The molecule has 0 aliphatic carbocycles. The fourth-order valence-corrected chi connectivity index (χ4v) is 2.29. The van der Waals surface area contributed by atoms with Crippen molar-refractivity contribution >= 4 is 0 Å². The van der Waals surface area contributed by atoms with Crippen molar-refractivity contribution in [3.05, 3.63) is 20.2 Å². The first-order chi connectivity index (χ1) is 9.92. The smallest absolute Gasteiger partial charge is 0.295 e. The van der Waals surface area contributed by atoms with Gasteiger partial charge in [-0.05, 0) is 6.92 Å². The fraction of sp³-hybridized carbons (Fsp3) is 1.00. The van der Waals surface area contributed by atoms with E-state index in [9.17, 15) is 20.2 Å². The van der Waals surface area contributed by atoms with Crippen LogP contribution in [0.3, 0.4) is 0 Å². The molecule has 12 nitrogen and oxygen atoms in total. The van der Waals surface area contributed by atoms with Crippen molar-refractivity contribution < 1.29 is 38.8 Å². The quantitative estimate of drug-likeness (QED) is 0.471. The van der Waals surface area contributed by atoms with E-state index >= 15 is 0 Å². The highest BCUT2D eigenvalue weighted by Crippen LogP contribution is 2.32. The normalized spacial score (nSPS) is 39.1. The van der Waals surface area contributed by atoms with Crippen LogP contribution in [-0.4, -0.2) is 60.9 Å². The number of hydrogen-bond acceptors (Lipinski definition) is 10. The van der Waals surface area contributed by atoms with E-state index in [1.54, 1.807) is 6.92 Å². The van der Waals surface area contributed by atoms with Crippen LogP contribution in [0.2, 0.25) is 0 Å². The van der Waals surface area contributed by atoms with Crippen LogP contribution in [0, 0.1) is 20.2 Å². The first kappa shape index (κ1) is 15.6. The topological polar surface area (TPSA) is 142 Å². The minimum atomic E-state index is -1.47. The van der Waals surface area contributed by atoms with E-state index in [0.29, 0.717) is 0 Å². The van der Waals surface area contributed by atoms with Gasteiger partial charge in [0.1, 0.15) is 12.2 Å². The third kappa shape index (κ3) is 3.47. The monoisotopic (exact) mass is 310 g/mol. The molecule has 2 aliphatic heterocycles.